The van der Waals surface area contributed by atoms with Gasteiger partial charge in [0.2, 0.25) is 0 Å². The Morgan fingerprint density at radius 1 is 1.00 bits per heavy atom. The van der Waals surface area contributed by atoms with Crippen LogP contribution < -0.4 is 4.90 Å². The molecule has 3 rings (SSSR count). The molecule has 0 spiro atoms. The lowest BCUT2D eigenvalue weighted by molar-refractivity contribution is 0.681. The van der Waals surface area contributed by atoms with E-state index >= 15 is 0 Å². The average Bonchev–Trinajstić information content (AvgIpc) is 2.54. The first-order chi connectivity index (χ1) is 10.4. The van der Waals surface area contributed by atoms with Crippen LogP contribution >= 0.6 is 0 Å². The molecule has 0 atom stereocenters. The van der Waals surface area contributed by atoms with E-state index in [0.717, 1.165) is 24.3 Å². The van der Waals surface area contributed by atoms with Gasteiger partial charge in [0, 0.05) is 18.8 Å². The van der Waals surface area contributed by atoms with E-state index in [1.54, 1.807) is 0 Å². The van der Waals surface area contributed by atoms with Gasteiger partial charge in [0.1, 0.15) is 0 Å². The molecule has 0 amide bonds. The van der Waals surface area contributed by atoms with Crippen LogP contribution in [0.4, 0.5) is 17.1 Å². The maximum Gasteiger partial charge on any atom is 0.0861 e. The Hall–Kier alpha value is -2.16. The number of fused-ring (bicyclic) bond motifs is 1. The third kappa shape index (κ3) is 3.30. The molecular weight excluding hydrogens is 258 g/mol. The largest absolute Gasteiger partial charge is 0.371 e. The SMILES string of the molecule is CCCN1CCCc2cc(N=Nc3ccccc3)ccc21. The third-order valence-corrected chi connectivity index (χ3v) is 3.81. The molecule has 3 heteroatoms. The van der Waals surface area contributed by atoms with E-state index in [0.29, 0.717) is 0 Å². The highest BCUT2D eigenvalue weighted by molar-refractivity contribution is 5.60. The first-order valence-corrected chi connectivity index (χ1v) is 7.71. The van der Waals surface area contributed by atoms with Crippen molar-refractivity contribution in [1.29, 1.82) is 0 Å². The topological polar surface area (TPSA) is 28.0 Å². The van der Waals surface area contributed by atoms with Crippen molar-refractivity contribution in [2.24, 2.45) is 10.2 Å². The zero-order valence-corrected chi connectivity index (χ0v) is 12.5. The summed E-state index contributed by atoms with van der Waals surface area (Å²) in [6, 6.07) is 16.3. The summed E-state index contributed by atoms with van der Waals surface area (Å²) in [4.78, 5) is 2.48. The molecule has 0 aliphatic carbocycles. The third-order valence-electron chi connectivity index (χ3n) is 3.81. The maximum atomic E-state index is 4.36. The van der Waals surface area contributed by atoms with Gasteiger partial charge in [0.05, 0.1) is 11.4 Å². The summed E-state index contributed by atoms with van der Waals surface area (Å²) in [5.41, 5.74) is 4.61. The summed E-state index contributed by atoms with van der Waals surface area (Å²) in [6.07, 6.45) is 3.56. The van der Waals surface area contributed by atoms with Crippen LogP contribution in [0, 0.1) is 0 Å². The van der Waals surface area contributed by atoms with Gasteiger partial charge < -0.3 is 4.90 Å². The lowest BCUT2D eigenvalue weighted by atomic mass is 10.0. The summed E-state index contributed by atoms with van der Waals surface area (Å²) in [7, 11) is 0. The van der Waals surface area contributed by atoms with Crippen LogP contribution in [0.3, 0.4) is 0 Å². The molecule has 0 saturated heterocycles. The molecule has 0 unspecified atom stereocenters. The molecular formula is C18H21N3. The minimum Gasteiger partial charge on any atom is -0.371 e. The van der Waals surface area contributed by atoms with Crippen molar-refractivity contribution in [3.63, 3.8) is 0 Å². The van der Waals surface area contributed by atoms with Gasteiger partial charge in [-0.05, 0) is 55.2 Å². The Kier molecular flexibility index (Phi) is 4.29. The van der Waals surface area contributed by atoms with E-state index in [1.165, 1.54) is 30.6 Å². The summed E-state index contributed by atoms with van der Waals surface area (Å²) >= 11 is 0. The van der Waals surface area contributed by atoms with Gasteiger partial charge in [0.25, 0.3) is 0 Å². The zero-order valence-electron chi connectivity index (χ0n) is 12.5. The van der Waals surface area contributed by atoms with Crippen molar-refractivity contribution >= 4 is 17.1 Å². The smallest absolute Gasteiger partial charge is 0.0861 e. The Bertz CT molecular complexity index is 620. The molecule has 0 aromatic heterocycles. The second kappa shape index (κ2) is 6.53. The van der Waals surface area contributed by atoms with Crippen LogP contribution in [0.5, 0.6) is 0 Å². The lowest BCUT2D eigenvalue weighted by Crippen LogP contribution is -2.29. The summed E-state index contributed by atoms with van der Waals surface area (Å²) in [5, 5.41) is 8.65. The zero-order chi connectivity index (χ0) is 14.5. The van der Waals surface area contributed by atoms with E-state index in [1.807, 2.05) is 30.3 Å². The van der Waals surface area contributed by atoms with Crippen molar-refractivity contribution < 1.29 is 0 Å². The molecule has 0 saturated carbocycles. The highest BCUT2D eigenvalue weighted by atomic mass is 15.1. The predicted molar refractivity (Wildman–Crippen MR) is 87.9 cm³/mol. The van der Waals surface area contributed by atoms with Gasteiger partial charge in [-0.3, -0.25) is 0 Å². The fraction of sp³-hybridized carbons (Fsp3) is 0.333. The number of benzene rings is 2. The molecule has 3 nitrogen and oxygen atoms in total. The van der Waals surface area contributed by atoms with Gasteiger partial charge in [-0.1, -0.05) is 25.1 Å². The first-order valence-electron chi connectivity index (χ1n) is 7.71. The lowest BCUT2D eigenvalue weighted by Gasteiger charge is -2.31. The minimum atomic E-state index is 0.892. The number of hydrogen-bond donors (Lipinski definition) is 0. The van der Waals surface area contributed by atoms with Crippen molar-refractivity contribution in [1.82, 2.24) is 0 Å². The molecule has 2 aromatic rings. The van der Waals surface area contributed by atoms with E-state index < -0.39 is 0 Å². The van der Waals surface area contributed by atoms with Crippen LogP contribution in [0.1, 0.15) is 25.3 Å². The number of anilines is 1. The molecule has 21 heavy (non-hydrogen) atoms. The Morgan fingerprint density at radius 3 is 2.62 bits per heavy atom. The van der Waals surface area contributed by atoms with Crippen LogP contribution in [0.25, 0.3) is 0 Å². The van der Waals surface area contributed by atoms with Crippen molar-refractivity contribution in [3.8, 4) is 0 Å². The van der Waals surface area contributed by atoms with E-state index in [2.05, 4.69) is 40.3 Å². The minimum absolute atomic E-state index is 0.892. The first kappa shape index (κ1) is 13.8. The van der Waals surface area contributed by atoms with Crippen LogP contribution in [-0.2, 0) is 6.42 Å². The van der Waals surface area contributed by atoms with Gasteiger partial charge in [-0.15, -0.1) is 0 Å². The number of hydrogen-bond acceptors (Lipinski definition) is 3. The van der Waals surface area contributed by atoms with Crippen molar-refractivity contribution in [2.45, 2.75) is 26.2 Å². The molecule has 0 bridgehead atoms. The van der Waals surface area contributed by atoms with Crippen molar-refractivity contribution in [3.05, 3.63) is 54.1 Å². The number of nitrogens with zero attached hydrogens (tertiary/aromatic N) is 3. The molecule has 1 aliphatic heterocycles. The molecule has 2 aromatic carbocycles. The maximum absolute atomic E-state index is 4.36. The highest BCUT2D eigenvalue weighted by Crippen LogP contribution is 2.31. The number of rotatable bonds is 4. The monoisotopic (exact) mass is 279 g/mol. The van der Waals surface area contributed by atoms with Gasteiger partial charge in [0.15, 0.2) is 0 Å². The predicted octanol–water partition coefficient (Wildman–Crippen LogP) is 5.26. The average molecular weight is 279 g/mol. The number of azo groups is 1. The van der Waals surface area contributed by atoms with E-state index in [9.17, 15) is 0 Å². The second-order valence-electron chi connectivity index (χ2n) is 5.44. The molecule has 108 valence electrons. The Labute approximate surface area is 126 Å². The van der Waals surface area contributed by atoms with Crippen molar-refractivity contribution in [2.75, 3.05) is 18.0 Å². The quantitative estimate of drug-likeness (QED) is 0.701. The molecule has 0 fully saturated rings. The summed E-state index contributed by atoms with van der Waals surface area (Å²) in [6.45, 7) is 4.54. The van der Waals surface area contributed by atoms with Crippen LogP contribution in [-0.4, -0.2) is 13.1 Å². The van der Waals surface area contributed by atoms with E-state index in [4.69, 9.17) is 0 Å². The normalized spacial score (nSPS) is 14.4. The summed E-state index contributed by atoms with van der Waals surface area (Å²) in [5.74, 6) is 0. The van der Waals surface area contributed by atoms with Crippen LogP contribution in [0.2, 0.25) is 0 Å². The second-order valence-corrected chi connectivity index (χ2v) is 5.44. The Balaban J connectivity index is 1.81. The van der Waals surface area contributed by atoms with Gasteiger partial charge in [-0.25, -0.2) is 0 Å². The summed E-state index contributed by atoms with van der Waals surface area (Å²) < 4.78 is 0. The van der Waals surface area contributed by atoms with Gasteiger partial charge in [-0.2, -0.15) is 10.2 Å². The van der Waals surface area contributed by atoms with Gasteiger partial charge >= 0.3 is 0 Å². The molecule has 1 heterocycles. The highest BCUT2D eigenvalue weighted by Gasteiger charge is 2.16. The standard InChI is InChI=1S/C18H21N3/c1-2-12-21-13-6-7-15-14-17(10-11-18(15)21)20-19-16-8-4-3-5-9-16/h3-5,8-11,14H,2,6-7,12-13H2,1H3. The molecule has 0 radical (unpaired) electrons. The fourth-order valence-corrected chi connectivity index (χ4v) is 2.84. The number of aryl methyl sites for hydroxylation is 1. The molecule has 1 aliphatic rings. The fourth-order valence-electron chi connectivity index (χ4n) is 2.84. The molecule has 0 N–H and O–H groups in total. The van der Waals surface area contributed by atoms with E-state index in [-0.39, 0.29) is 0 Å². The Morgan fingerprint density at radius 2 is 1.81 bits per heavy atom. The van der Waals surface area contributed by atoms with Crippen LogP contribution in [0.15, 0.2) is 58.8 Å².